The summed E-state index contributed by atoms with van der Waals surface area (Å²) in [7, 11) is 1.48. The summed E-state index contributed by atoms with van der Waals surface area (Å²) in [6.45, 7) is 0. The smallest absolute Gasteiger partial charge is 0.145 e. The molecule has 0 aliphatic rings. The summed E-state index contributed by atoms with van der Waals surface area (Å²) in [4.78, 5) is 4.09. The number of nitrogens with one attached hydrogen (secondary N) is 1. The van der Waals surface area contributed by atoms with Crippen LogP contribution in [0.2, 0.25) is 0 Å². The topological polar surface area (TPSA) is 60.2 Å². The summed E-state index contributed by atoms with van der Waals surface area (Å²) >= 11 is 0. The first-order valence-electron chi connectivity index (χ1n) is 5.01. The largest absolute Gasteiger partial charge is 0.494 e. The van der Waals surface area contributed by atoms with Crippen molar-refractivity contribution in [3.63, 3.8) is 0 Å². The Hall–Kier alpha value is -2.30. The molecule has 0 radical (unpaired) electrons. The number of nitrogens with two attached hydrogens (primary N) is 1. The Balaban J connectivity index is 2.29. The Kier molecular flexibility index (Phi) is 3.09. The van der Waals surface area contributed by atoms with E-state index >= 15 is 0 Å². The van der Waals surface area contributed by atoms with E-state index in [1.54, 1.807) is 24.4 Å². The molecule has 0 amide bonds. The first-order valence-corrected chi connectivity index (χ1v) is 5.01. The average molecular weight is 233 g/mol. The summed E-state index contributed by atoms with van der Waals surface area (Å²) in [6.07, 6.45) is 1.59. The lowest BCUT2D eigenvalue weighted by Crippen LogP contribution is -1.98. The third-order valence-electron chi connectivity index (χ3n) is 2.21. The number of nitrogens with zero attached hydrogens (tertiary/aromatic N) is 1. The summed E-state index contributed by atoms with van der Waals surface area (Å²) < 4.78 is 18.1. The number of ether oxygens (including phenoxy) is 1. The maximum absolute atomic E-state index is 13.0. The van der Waals surface area contributed by atoms with Gasteiger partial charge in [-0.15, -0.1) is 0 Å². The third kappa shape index (κ3) is 2.63. The first kappa shape index (κ1) is 11.2. The van der Waals surface area contributed by atoms with Crippen LogP contribution in [0.1, 0.15) is 0 Å². The Morgan fingerprint density at radius 2 is 2.12 bits per heavy atom. The number of nitrogen functional groups attached to an aromatic ring is 1. The molecule has 1 heterocycles. The Labute approximate surface area is 98.2 Å². The van der Waals surface area contributed by atoms with E-state index in [9.17, 15) is 4.39 Å². The molecule has 0 fully saturated rings. The van der Waals surface area contributed by atoms with Gasteiger partial charge in [-0.3, -0.25) is 0 Å². The summed E-state index contributed by atoms with van der Waals surface area (Å²) in [5, 5.41) is 3.01. The molecule has 0 unspecified atom stereocenters. The summed E-state index contributed by atoms with van der Waals surface area (Å²) in [5.74, 6) is 0.636. The number of pyridine rings is 1. The second-order valence-electron chi connectivity index (χ2n) is 3.44. The Morgan fingerprint density at radius 1 is 1.29 bits per heavy atom. The molecule has 4 nitrogen and oxygen atoms in total. The molecule has 0 aliphatic carbocycles. The van der Waals surface area contributed by atoms with Crippen LogP contribution in [0, 0.1) is 5.82 Å². The quantitative estimate of drug-likeness (QED) is 0.855. The van der Waals surface area contributed by atoms with Crippen molar-refractivity contribution < 1.29 is 9.13 Å². The zero-order valence-electron chi connectivity index (χ0n) is 9.27. The molecule has 0 spiro atoms. The van der Waals surface area contributed by atoms with Crippen LogP contribution >= 0.6 is 0 Å². The SMILES string of the molecule is COc1cc(F)ccc1Nc1cc(N)ccn1. The van der Waals surface area contributed by atoms with Crippen molar-refractivity contribution in [2.45, 2.75) is 0 Å². The first-order chi connectivity index (χ1) is 8.19. The lowest BCUT2D eigenvalue weighted by Gasteiger charge is -2.10. The summed E-state index contributed by atoms with van der Waals surface area (Å²) in [6, 6.07) is 7.60. The minimum Gasteiger partial charge on any atom is -0.494 e. The minimum absolute atomic E-state index is 0.354. The molecular formula is C12H12FN3O. The lowest BCUT2D eigenvalue weighted by molar-refractivity contribution is 0.413. The van der Waals surface area contributed by atoms with Gasteiger partial charge in [-0.2, -0.15) is 0 Å². The van der Waals surface area contributed by atoms with E-state index in [1.165, 1.54) is 19.2 Å². The number of rotatable bonds is 3. The highest BCUT2D eigenvalue weighted by atomic mass is 19.1. The van der Waals surface area contributed by atoms with Crippen molar-refractivity contribution in [1.82, 2.24) is 4.98 Å². The molecule has 2 rings (SSSR count). The van der Waals surface area contributed by atoms with Crippen LogP contribution in [0.15, 0.2) is 36.5 Å². The minimum atomic E-state index is -0.354. The van der Waals surface area contributed by atoms with E-state index in [0.717, 1.165) is 0 Å². The molecule has 0 aliphatic heterocycles. The van der Waals surface area contributed by atoms with Crippen LogP contribution in [0.25, 0.3) is 0 Å². The van der Waals surface area contributed by atoms with Crippen LogP contribution in [0.3, 0.4) is 0 Å². The maximum atomic E-state index is 13.0. The highest BCUT2D eigenvalue weighted by Crippen LogP contribution is 2.27. The van der Waals surface area contributed by atoms with Gasteiger partial charge in [-0.25, -0.2) is 9.37 Å². The van der Waals surface area contributed by atoms with Gasteiger partial charge in [-0.1, -0.05) is 0 Å². The highest BCUT2D eigenvalue weighted by Gasteiger charge is 2.05. The van der Waals surface area contributed by atoms with E-state index in [1.807, 2.05) is 0 Å². The van der Waals surface area contributed by atoms with E-state index < -0.39 is 0 Å². The molecule has 0 atom stereocenters. The van der Waals surface area contributed by atoms with Gasteiger partial charge in [0.15, 0.2) is 0 Å². The van der Waals surface area contributed by atoms with Crippen LogP contribution in [-0.4, -0.2) is 12.1 Å². The molecule has 2 aromatic rings. The molecule has 0 bridgehead atoms. The van der Waals surface area contributed by atoms with Gasteiger partial charge in [-0.05, 0) is 18.2 Å². The molecule has 88 valence electrons. The monoisotopic (exact) mass is 233 g/mol. The van der Waals surface area contributed by atoms with Crippen molar-refractivity contribution in [3.8, 4) is 5.75 Å². The van der Waals surface area contributed by atoms with Crippen LogP contribution in [-0.2, 0) is 0 Å². The van der Waals surface area contributed by atoms with Gasteiger partial charge in [0, 0.05) is 24.0 Å². The van der Waals surface area contributed by atoms with Crippen LogP contribution in [0.4, 0.5) is 21.6 Å². The van der Waals surface area contributed by atoms with E-state index in [4.69, 9.17) is 10.5 Å². The number of methoxy groups -OCH3 is 1. The number of anilines is 3. The fourth-order valence-corrected chi connectivity index (χ4v) is 1.42. The van der Waals surface area contributed by atoms with Gasteiger partial charge < -0.3 is 15.8 Å². The van der Waals surface area contributed by atoms with E-state index in [0.29, 0.717) is 22.9 Å². The molecule has 5 heteroatoms. The highest BCUT2D eigenvalue weighted by molar-refractivity contribution is 5.65. The zero-order chi connectivity index (χ0) is 12.3. The molecular weight excluding hydrogens is 221 g/mol. The van der Waals surface area contributed by atoms with E-state index in [2.05, 4.69) is 10.3 Å². The van der Waals surface area contributed by atoms with Crippen LogP contribution < -0.4 is 15.8 Å². The molecule has 1 aromatic carbocycles. The number of halogens is 1. The molecule has 17 heavy (non-hydrogen) atoms. The molecule has 1 aromatic heterocycles. The number of benzene rings is 1. The van der Waals surface area contributed by atoms with Crippen molar-refractivity contribution in [2.75, 3.05) is 18.2 Å². The Morgan fingerprint density at radius 3 is 2.82 bits per heavy atom. The average Bonchev–Trinajstić information content (AvgIpc) is 2.31. The van der Waals surface area contributed by atoms with Crippen molar-refractivity contribution in [1.29, 1.82) is 0 Å². The number of hydrogen-bond donors (Lipinski definition) is 2. The standard InChI is InChI=1S/C12H12FN3O/c1-17-11-6-8(13)2-3-10(11)16-12-7-9(14)4-5-15-12/h2-7H,1H3,(H3,14,15,16). The maximum Gasteiger partial charge on any atom is 0.145 e. The number of hydrogen-bond acceptors (Lipinski definition) is 4. The zero-order valence-corrected chi connectivity index (χ0v) is 9.27. The molecule has 3 N–H and O–H groups in total. The molecule has 0 saturated carbocycles. The van der Waals surface area contributed by atoms with Gasteiger partial charge in [0.05, 0.1) is 12.8 Å². The van der Waals surface area contributed by atoms with Gasteiger partial charge in [0.1, 0.15) is 17.4 Å². The van der Waals surface area contributed by atoms with Crippen molar-refractivity contribution >= 4 is 17.2 Å². The fourth-order valence-electron chi connectivity index (χ4n) is 1.42. The predicted molar refractivity (Wildman–Crippen MR) is 64.9 cm³/mol. The Bertz CT molecular complexity index is 531. The third-order valence-corrected chi connectivity index (χ3v) is 2.21. The second-order valence-corrected chi connectivity index (χ2v) is 3.44. The molecule has 0 saturated heterocycles. The summed E-state index contributed by atoms with van der Waals surface area (Å²) in [5.41, 5.74) is 6.87. The number of aromatic nitrogens is 1. The van der Waals surface area contributed by atoms with Crippen LogP contribution in [0.5, 0.6) is 5.75 Å². The van der Waals surface area contributed by atoms with E-state index in [-0.39, 0.29) is 5.82 Å². The van der Waals surface area contributed by atoms with Gasteiger partial charge >= 0.3 is 0 Å². The van der Waals surface area contributed by atoms with Crippen molar-refractivity contribution in [3.05, 3.63) is 42.3 Å². The lowest BCUT2D eigenvalue weighted by atomic mass is 10.2. The van der Waals surface area contributed by atoms with Gasteiger partial charge in [0.25, 0.3) is 0 Å². The normalized spacial score (nSPS) is 10.0. The van der Waals surface area contributed by atoms with Gasteiger partial charge in [0.2, 0.25) is 0 Å². The fraction of sp³-hybridized carbons (Fsp3) is 0.0833. The predicted octanol–water partition coefficient (Wildman–Crippen LogP) is 2.56. The second kappa shape index (κ2) is 4.69. The van der Waals surface area contributed by atoms with Crippen molar-refractivity contribution in [2.24, 2.45) is 0 Å².